The number of cyclic esters (lactones) is 1. The molecule has 0 N–H and O–H groups in total. The van der Waals surface area contributed by atoms with Crippen molar-refractivity contribution in [1.82, 2.24) is 0 Å². The molecule has 1 aliphatic rings. The van der Waals surface area contributed by atoms with E-state index in [9.17, 15) is 4.79 Å². The van der Waals surface area contributed by atoms with Gasteiger partial charge in [0.25, 0.3) is 0 Å². The van der Waals surface area contributed by atoms with E-state index >= 15 is 0 Å². The smallest absolute Gasteiger partial charge is 0.345 e. The molecule has 0 amide bonds. The third-order valence-corrected chi connectivity index (χ3v) is 2.63. The van der Waals surface area contributed by atoms with Crippen molar-refractivity contribution in [3.05, 3.63) is 42.0 Å². The summed E-state index contributed by atoms with van der Waals surface area (Å²) in [5.74, 6) is 0.280. The minimum absolute atomic E-state index is 0.320. The normalized spacial score (nSPS) is 18.8. The van der Waals surface area contributed by atoms with E-state index < -0.39 is 6.29 Å². The van der Waals surface area contributed by atoms with Crippen LogP contribution < -0.4 is 4.74 Å². The summed E-state index contributed by atoms with van der Waals surface area (Å²) < 4.78 is 10.5. The molecule has 2 aromatic carbocycles. The van der Waals surface area contributed by atoms with E-state index in [4.69, 9.17) is 9.47 Å². The Morgan fingerprint density at radius 3 is 2.50 bits per heavy atom. The maximum Gasteiger partial charge on any atom is 0.345 e. The second-order valence-corrected chi connectivity index (χ2v) is 3.79. The maximum absolute atomic E-state index is 11.6. The number of hydrogen-bond acceptors (Lipinski definition) is 3. The van der Waals surface area contributed by atoms with Crippen LogP contribution in [0.2, 0.25) is 0 Å². The lowest BCUT2D eigenvalue weighted by Gasteiger charge is -2.23. The van der Waals surface area contributed by atoms with Gasteiger partial charge in [0.15, 0.2) is 0 Å². The molecule has 3 rings (SSSR count). The quantitative estimate of drug-likeness (QED) is 0.632. The van der Waals surface area contributed by atoms with Gasteiger partial charge in [0.1, 0.15) is 11.3 Å². The summed E-state index contributed by atoms with van der Waals surface area (Å²) in [4.78, 5) is 11.6. The standard InChI is InChI=1S/C13H10O3/c1-8-15-12-7-10-5-3-2-4-9(10)6-11(12)13(14)16-8/h2-8H,1H3/t8-/m1/s1. The van der Waals surface area contributed by atoms with Crippen LogP contribution in [0.15, 0.2) is 36.4 Å². The van der Waals surface area contributed by atoms with E-state index in [0.717, 1.165) is 10.8 Å². The van der Waals surface area contributed by atoms with Crippen molar-refractivity contribution in [3.63, 3.8) is 0 Å². The van der Waals surface area contributed by atoms with Crippen LogP contribution >= 0.6 is 0 Å². The van der Waals surface area contributed by atoms with Crippen LogP contribution in [0.4, 0.5) is 0 Å². The lowest BCUT2D eigenvalue weighted by atomic mass is 10.1. The second-order valence-electron chi connectivity index (χ2n) is 3.79. The molecule has 0 bridgehead atoms. The third-order valence-electron chi connectivity index (χ3n) is 2.63. The first kappa shape index (κ1) is 9.21. The van der Waals surface area contributed by atoms with Gasteiger partial charge in [-0.05, 0) is 22.9 Å². The third kappa shape index (κ3) is 1.33. The van der Waals surface area contributed by atoms with E-state index in [2.05, 4.69) is 0 Å². The van der Waals surface area contributed by atoms with Crippen molar-refractivity contribution in [2.75, 3.05) is 0 Å². The minimum atomic E-state index is -0.513. The number of rotatable bonds is 0. The number of benzene rings is 2. The van der Waals surface area contributed by atoms with Gasteiger partial charge in [-0.2, -0.15) is 0 Å². The van der Waals surface area contributed by atoms with Gasteiger partial charge < -0.3 is 9.47 Å². The lowest BCUT2D eigenvalue weighted by Crippen LogP contribution is -2.27. The molecule has 0 unspecified atom stereocenters. The van der Waals surface area contributed by atoms with Crippen molar-refractivity contribution in [2.45, 2.75) is 13.2 Å². The summed E-state index contributed by atoms with van der Waals surface area (Å²) in [6, 6.07) is 11.5. The molecular weight excluding hydrogens is 204 g/mol. The van der Waals surface area contributed by atoms with Gasteiger partial charge in [-0.15, -0.1) is 0 Å². The molecule has 1 atom stereocenters. The fourth-order valence-electron chi connectivity index (χ4n) is 1.89. The first-order valence-corrected chi connectivity index (χ1v) is 5.14. The van der Waals surface area contributed by atoms with E-state index in [0.29, 0.717) is 11.3 Å². The molecular formula is C13H10O3. The molecule has 0 saturated carbocycles. The van der Waals surface area contributed by atoms with Crippen LogP contribution in [-0.4, -0.2) is 12.3 Å². The van der Waals surface area contributed by atoms with Gasteiger partial charge in [0.2, 0.25) is 6.29 Å². The number of hydrogen-bond donors (Lipinski definition) is 0. The van der Waals surface area contributed by atoms with Gasteiger partial charge in [0.05, 0.1) is 0 Å². The van der Waals surface area contributed by atoms with Crippen LogP contribution in [-0.2, 0) is 4.74 Å². The van der Waals surface area contributed by atoms with Gasteiger partial charge in [-0.3, -0.25) is 0 Å². The topological polar surface area (TPSA) is 35.5 Å². The van der Waals surface area contributed by atoms with Gasteiger partial charge in [0, 0.05) is 6.92 Å². The molecule has 3 heteroatoms. The van der Waals surface area contributed by atoms with Crippen molar-refractivity contribution in [1.29, 1.82) is 0 Å². The van der Waals surface area contributed by atoms with Crippen LogP contribution in [0.5, 0.6) is 5.75 Å². The monoisotopic (exact) mass is 214 g/mol. The maximum atomic E-state index is 11.6. The van der Waals surface area contributed by atoms with E-state index in [-0.39, 0.29) is 5.97 Å². The van der Waals surface area contributed by atoms with Crippen LogP contribution in [0.3, 0.4) is 0 Å². The lowest BCUT2D eigenvalue weighted by molar-refractivity contribution is -0.0487. The highest BCUT2D eigenvalue weighted by Gasteiger charge is 2.24. The first-order chi connectivity index (χ1) is 7.74. The van der Waals surface area contributed by atoms with Crippen LogP contribution in [0.1, 0.15) is 17.3 Å². The zero-order valence-electron chi connectivity index (χ0n) is 8.77. The Hall–Kier alpha value is -2.03. The SMILES string of the molecule is C[C@H]1OC(=O)c2cc3ccccc3cc2O1. The Labute approximate surface area is 92.6 Å². The highest BCUT2D eigenvalue weighted by atomic mass is 16.7. The second kappa shape index (κ2) is 3.23. The Kier molecular flexibility index (Phi) is 1.86. The molecule has 2 aromatic rings. The molecule has 0 aliphatic carbocycles. The Bertz CT molecular complexity index is 574. The number of carbonyl (C=O) groups is 1. The van der Waals surface area contributed by atoms with Gasteiger partial charge >= 0.3 is 5.97 Å². The van der Waals surface area contributed by atoms with E-state index in [1.165, 1.54) is 0 Å². The average Bonchev–Trinajstić information content (AvgIpc) is 2.27. The molecule has 0 spiro atoms. The predicted molar refractivity (Wildman–Crippen MR) is 59.5 cm³/mol. The largest absolute Gasteiger partial charge is 0.454 e. The van der Waals surface area contributed by atoms with Crippen molar-refractivity contribution in [2.24, 2.45) is 0 Å². The van der Waals surface area contributed by atoms with E-state index in [1.54, 1.807) is 13.0 Å². The molecule has 0 fully saturated rings. The Morgan fingerprint density at radius 1 is 1.06 bits per heavy atom. The summed E-state index contributed by atoms with van der Waals surface area (Å²) in [5, 5.41) is 2.07. The predicted octanol–water partition coefficient (Wildman–Crippen LogP) is 2.74. The fraction of sp³-hybridized carbons (Fsp3) is 0.154. The Balaban J connectivity index is 2.26. The number of carbonyl (C=O) groups excluding carboxylic acids is 1. The zero-order valence-corrected chi connectivity index (χ0v) is 8.77. The molecule has 16 heavy (non-hydrogen) atoms. The van der Waals surface area contributed by atoms with Crippen LogP contribution in [0, 0.1) is 0 Å². The summed E-state index contributed by atoms with van der Waals surface area (Å²) in [5.41, 5.74) is 0.497. The highest BCUT2D eigenvalue weighted by Crippen LogP contribution is 2.30. The van der Waals surface area contributed by atoms with Crippen molar-refractivity contribution in [3.8, 4) is 5.75 Å². The minimum Gasteiger partial charge on any atom is -0.454 e. The fourth-order valence-corrected chi connectivity index (χ4v) is 1.89. The van der Waals surface area contributed by atoms with Crippen LogP contribution in [0.25, 0.3) is 10.8 Å². The first-order valence-electron chi connectivity index (χ1n) is 5.14. The molecule has 1 heterocycles. The molecule has 0 saturated heterocycles. The Morgan fingerprint density at radius 2 is 1.75 bits per heavy atom. The molecule has 3 nitrogen and oxygen atoms in total. The van der Waals surface area contributed by atoms with Gasteiger partial charge in [-0.1, -0.05) is 24.3 Å². The van der Waals surface area contributed by atoms with Crippen molar-refractivity contribution >= 4 is 16.7 Å². The van der Waals surface area contributed by atoms with E-state index in [1.807, 2.05) is 30.3 Å². The number of ether oxygens (including phenoxy) is 2. The number of esters is 1. The molecule has 80 valence electrons. The highest BCUT2D eigenvalue weighted by molar-refractivity contribution is 5.99. The molecule has 0 radical (unpaired) electrons. The average molecular weight is 214 g/mol. The summed E-state index contributed by atoms with van der Waals surface area (Å²) in [7, 11) is 0. The number of fused-ring (bicyclic) bond motifs is 2. The van der Waals surface area contributed by atoms with Crippen molar-refractivity contribution < 1.29 is 14.3 Å². The molecule has 0 aromatic heterocycles. The zero-order chi connectivity index (χ0) is 11.1. The van der Waals surface area contributed by atoms with Gasteiger partial charge in [-0.25, -0.2) is 4.79 Å². The summed E-state index contributed by atoms with van der Waals surface area (Å²) in [6.45, 7) is 1.70. The molecule has 1 aliphatic heterocycles. The summed E-state index contributed by atoms with van der Waals surface area (Å²) in [6.07, 6.45) is -0.513. The summed E-state index contributed by atoms with van der Waals surface area (Å²) >= 11 is 0.